The molecule has 106 valence electrons. The quantitative estimate of drug-likeness (QED) is 0.814. The second kappa shape index (κ2) is 6.62. The van der Waals surface area contributed by atoms with Gasteiger partial charge >= 0.3 is 0 Å². The SMILES string of the molecule is CC(C)CNCc1cc(Cl)ccc1N(C)CC1CC1. The predicted octanol–water partition coefficient (Wildman–Crippen LogP) is 3.93. The molecule has 0 amide bonds. The predicted molar refractivity (Wildman–Crippen MR) is 84.0 cm³/mol. The van der Waals surface area contributed by atoms with Crippen LogP contribution in [0.1, 0.15) is 32.3 Å². The van der Waals surface area contributed by atoms with Crippen LogP contribution in [0.25, 0.3) is 0 Å². The van der Waals surface area contributed by atoms with Crippen molar-refractivity contribution in [2.75, 3.05) is 25.0 Å². The molecule has 0 spiro atoms. The van der Waals surface area contributed by atoms with Gasteiger partial charge in [-0.3, -0.25) is 0 Å². The average molecular weight is 281 g/mol. The van der Waals surface area contributed by atoms with E-state index < -0.39 is 0 Å². The zero-order valence-corrected chi connectivity index (χ0v) is 13.0. The fraction of sp³-hybridized carbons (Fsp3) is 0.625. The molecule has 0 aromatic heterocycles. The second-order valence-electron chi connectivity index (χ2n) is 6.12. The van der Waals surface area contributed by atoms with Crippen LogP contribution in [0, 0.1) is 11.8 Å². The largest absolute Gasteiger partial charge is 0.374 e. The molecule has 1 fully saturated rings. The molecule has 19 heavy (non-hydrogen) atoms. The Kier molecular flexibility index (Phi) is 5.12. The molecule has 0 unspecified atom stereocenters. The first kappa shape index (κ1) is 14.7. The van der Waals surface area contributed by atoms with Gasteiger partial charge < -0.3 is 10.2 Å². The monoisotopic (exact) mass is 280 g/mol. The van der Waals surface area contributed by atoms with E-state index in [0.29, 0.717) is 5.92 Å². The average Bonchev–Trinajstić information content (AvgIpc) is 3.12. The van der Waals surface area contributed by atoms with Crippen LogP contribution in [0.15, 0.2) is 18.2 Å². The van der Waals surface area contributed by atoms with Crippen LogP contribution in [0.4, 0.5) is 5.69 Å². The molecule has 1 aromatic carbocycles. The van der Waals surface area contributed by atoms with E-state index in [9.17, 15) is 0 Å². The van der Waals surface area contributed by atoms with E-state index in [4.69, 9.17) is 11.6 Å². The molecular weight excluding hydrogens is 256 g/mol. The Morgan fingerprint density at radius 1 is 1.37 bits per heavy atom. The van der Waals surface area contributed by atoms with Gasteiger partial charge in [-0.1, -0.05) is 25.4 Å². The summed E-state index contributed by atoms with van der Waals surface area (Å²) in [6.45, 7) is 7.55. The highest BCUT2D eigenvalue weighted by Gasteiger charge is 2.23. The molecule has 2 rings (SSSR count). The van der Waals surface area contributed by atoms with Crippen molar-refractivity contribution in [2.24, 2.45) is 11.8 Å². The smallest absolute Gasteiger partial charge is 0.0410 e. The third-order valence-electron chi connectivity index (χ3n) is 3.55. The maximum absolute atomic E-state index is 6.13. The van der Waals surface area contributed by atoms with Crippen LogP contribution in [0.5, 0.6) is 0 Å². The summed E-state index contributed by atoms with van der Waals surface area (Å²) in [4.78, 5) is 2.38. The van der Waals surface area contributed by atoms with E-state index in [2.05, 4.69) is 43.2 Å². The highest BCUT2D eigenvalue weighted by Crippen LogP contribution is 2.32. The molecule has 1 aliphatic rings. The van der Waals surface area contributed by atoms with E-state index in [0.717, 1.165) is 24.0 Å². The van der Waals surface area contributed by atoms with E-state index in [1.807, 2.05) is 6.07 Å². The normalized spacial score (nSPS) is 15.0. The Morgan fingerprint density at radius 3 is 2.74 bits per heavy atom. The van der Waals surface area contributed by atoms with Gasteiger partial charge in [0.25, 0.3) is 0 Å². The Morgan fingerprint density at radius 2 is 2.11 bits per heavy atom. The van der Waals surface area contributed by atoms with Gasteiger partial charge in [0.15, 0.2) is 0 Å². The van der Waals surface area contributed by atoms with Crippen molar-refractivity contribution in [1.29, 1.82) is 0 Å². The second-order valence-corrected chi connectivity index (χ2v) is 6.56. The number of nitrogens with zero attached hydrogens (tertiary/aromatic N) is 1. The minimum atomic E-state index is 0.673. The molecule has 0 radical (unpaired) electrons. The molecule has 0 saturated heterocycles. The highest BCUT2D eigenvalue weighted by atomic mass is 35.5. The third-order valence-corrected chi connectivity index (χ3v) is 3.78. The van der Waals surface area contributed by atoms with Gasteiger partial charge in [0.05, 0.1) is 0 Å². The van der Waals surface area contributed by atoms with Crippen molar-refractivity contribution in [3.05, 3.63) is 28.8 Å². The van der Waals surface area contributed by atoms with Crippen molar-refractivity contribution < 1.29 is 0 Å². The van der Waals surface area contributed by atoms with Gasteiger partial charge in [0, 0.05) is 30.8 Å². The Hall–Kier alpha value is -0.730. The number of rotatable bonds is 7. The Bertz CT molecular complexity index is 413. The van der Waals surface area contributed by atoms with E-state index in [1.165, 1.54) is 30.6 Å². The van der Waals surface area contributed by atoms with E-state index in [-0.39, 0.29) is 0 Å². The van der Waals surface area contributed by atoms with Gasteiger partial charge in [-0.05, 0) is 55.0 Å². The summed E-state index contributed by atoms with van der Waals surface area (Å²) < 4.78 is 0. The summed E-state index contributed by atoms with van der Waals surface area (Å²) in [6.07, 6.45) is 2.78. The van der Waals surface area contributed by atoms with Crippen LogP contribution in [0.3, 0.4) is 0 Å². The highest BCUT2D eigenvalue weighted by molar-refractivity contribution is 6.30. The standard InChI is InChI=1S/C16H25ClN2/c1-12(2)9-18-10-14-8-15(17)6-7-16(14)19(3)11-13-4-5-13/h6-8,12-13,18H,4-5,9-11H2,1-3H3. The van der Waals surface area contributed by atoms with Gasteiger partial charge in [-0.2, -0.15) is 0 Å². The van der Waals surface area contributed by atoms with Crippen molar-refractivity contribution in [1.82, 2.24) is 5.32 Å². The first-order chi connectivity index (χ1) is 9.06. The van der Waals surface area contributed by atoms with Crippen LogP contribution in [-0.2, 0) is 6.54 Å². The maximum Gasteiger partial charge on any atom is 0.0410 e. The van der Waals surface area contributed by atoms with Crippen LogP contribution in [-0.4, -0.2) is 20.1 Å². The maximum atomic E-state index is 6.13. The molecular formula is C16H25ClN2. The first-order valence-electron chi connectivity index (χ1n) is 7.26. The molecule has 1 saturated carbocycles. The van der Waals surface area contributed by atoms with Gasteiger partial charge in [-0.25, -0.2) is 0 Å². The Labute approximate surface area is 122 Å². The number of hydrogen-bond donors (Lipinski definition) is 1. The fourth-order valence-electron chi connectivity index (χ4n) is 2.35. The zero-order chi connectivity index (χ0) is 13.8. The summed E-state index contributed by atoms with van der Waals surface area (Å²) in [5, 5.41) is 4.33. The lowest BCUT2D eigenvalue weighted by molar-refractivity contribution is 0.552. The van der Waals surface area contributed by atoms with Gasteiger partial charge in [0.2, 0.25) is 0 Å². The number of hydrogen-bond acceptors (Lipinski definition) is 2. The lowest BCUT2D eigenvalue weighted by Crippen LogP contribution is -2.24. The Balaban J connectivity index is 2.02. The van der Waals surface area contributed by atoms with Gasteiger partial charge in [-0.15, -0.1) is 0 Å². The number of halogens is 1. The van der Waals surface area contributed by atoms with Crippen molar-refractivity contribution in [3.63, 3.8) is 0 Å². The summed E-state index contributed by atoms with van der Waals surface area (Å²) in [5.41, 5.74) is 2.61. The zero-order valence-electron chi connectivity index (χ0n) is 12.2. The molecule has 0 heterocycles. The van der Waals surface area contributed by atoms with E-state index in [1.54, 1.807) is 0 Å². The lowest BCUT2D eigenvalue weighted by atomic mass is 10.1. The summed E-state index contributed by atoms with van der Waals surface area (Å²) in [7, 11) is 2.19. The molecule has 3 heteroatoms. The summed E-state index contributed by atoms with van der Waals surface area (Å²) in [6, 6.07) is 6.23. The minimum Gasteiger partial charge on any atom is -0.374 e. The third kappa shape index (κ3) is 4.70. The first-order valence-corrected chi connectivity index (χ1v) is 7.64. The lowest BCUT2D eigenvalue weighted by Gasteiger charge is -2.23. The summed E-state index contributed by atoms with van der Waals surface area (Å²) in [5.74, 6) is 1.57. The van der Waals surface area contributed by atoms with Crippen molar-refractivity contribution >= 4 is 17.3 Å². The van der Waals surface area contributed by atoms with E-state index >= 15 is 0 Å². The van der Waals surface area contributed by atoms with Crippen LogP contribution >= 0.6 is 11.6 Å². The number of anilines is 1. The fourth-order valence-corrected chi connectivity index (χ4v) is 2.54. The molecule has 2 nitrogen and oxygen atoms in total. The number of nitrogens with one attached hydrogen (secondary N) is 1. The summed E-state index contributed by atoms with van der Waals surface area (Å²) >= 11 is 6.13. The van der Waals surface area contributed by atoms with Crippen LogP contribution < -0.4 is 10.2 Å². The molecule has 1 aromatic rings. The van der Waals surface area contributed by atoms with Crippen molar-refractivity contribution in [3.8, 4) is 0 Å². The minimum absolute atomic E-state index is 0.673. The number of benzene rings is 1. The van der Waals surface area contributed by atoms with Crippen molar-refractivity contribution in [2.45, 2.75) is 33.2 Å². The van der Waals surface area contributed by atoms with Crippen LogP contribution in [0.2, 0.25) is 5.02 Å². The van der Waals surface area contributed by atoms with Gasteiger partial charge in [0.1, 0.15) is 0 Å². The topological polar surface area (TPSA) is 15.3 Å². The molecule has 0 aliphatic heterocycles. The molecule has 0 bridgehead atoms. The molecule has 1 aliphatic carbocycles. The molecule has 0 atom stereocenters. The molecule has 1 N–H and O–H groups in total.